The first kappa shape index (κ1) is 18.1. The summed E-state index contributed by atoms with van der Waals surface area (Å²) in [5, 5.41) is 12.6. The molecule has 2 aromatic carbocycles. The van der Waals surface area contributed by atoms with Crippen LogP contribution in [-0.2, 0) is 11.2 Å². The summed E-state index contributed by atoms with van der Waals surface area (Å²) in [6.45, 7) is 1.78. The van der Waals surface area contributed by atoms with Gasteiger partial charge in [-0.3, -0.25) is 4.79 Å². The molecule has 0 saturated carbocycles. The predicted molar refractivity (Wildman–Crippen MR) is 96.7 cm³/mol. The Balaban J connectivity index is 1.93. The summed E-state index contributed by atoms with van der Waals surface area (Å²) in [6.07, 6.45) is -0.0254. The topological polar surface area (TPSA) is 65.1 Å². The highest BCUT2D eigenvalue weighted by Gasteiger charge is 2.15. The lowest BCUT2D eigenvalue weighted by atomic mass is 10.0. The number of aromatic nitrogens is 1. The smallest absolute Gasteiger partial charge is 0.220 e. The van der Waals surface area contributed by atoms with Gasteiger partial charge in [-0.15, -0.1) is 0 Å². The van der Waals surface area contributed by atoms with E-state index >= 15 is 0 Å². The largest absolute Gasteiger partial charge is 0.392 e. The van der Waals surface area contributed by atoms with E-state index in [4.69, 9.17) is 0 Å². The molecule has 0 aliphatic heterocycles. The Labute approximate surface area is 149 Å². The third-order valence-corrected chi connectivity index (χ3v) is 4.20. The second-order valence-electron chi connectivity index (χ2n) is 6.33. The van der Waals surface area contributed by atoms with Crippen LogP contribution in [0.1, 0.15) is 18.9 Å². The summed E-state index contributed by atoms with van der Waals surface area (Å²) >= 11 is 0. The van der Waals surface area contributed by atoms with Gasteiger partial charge in [0.1, 0.15) is 11.6 Å². The van der Waals surface area contributed by atoms with Gasteiger partial charge in [0.05, 0.1) is 6.10 Å². The second kappa shape index (κ2) is 7.66. The lowest BCUT2D eigenvalue weighted by Crippen LogP contribution is -2.30. The zero-order valence-electron chi connectivity index (χ0n) is 14.4. The van der Waals surface area contributed by atoms with Gasteiger partial charge in [-0.25, -0.2) is 8.78 Å². The summed E-state index contributed by atoms with van der Waals surface area (Å²) in [4.78, 5) is 15.2. The fourth-order valence-corrected chi connectivity index (χ4v) is 2.93. The Bertz CT molecular complexity index is 917. The molecule has 1 atom stereocenters. The second-order valence-corrected chi connectivity index (χ2v) is 6.33. The highest BCUT2D eigenvalue weighted by Crippen LogP contribution is 2.32. The normalized spacial score (nSPS) is 12.3. The first-order valence-corrected chi connectivity index (χ1v) is 8.45. The van der Waals surface area contributed by atoms with Crippen LogP contribution in [-0.4, -0.2) is 28.6 Å². The van der Waals surface area contributed by atoms with Gasteiger partial charge in [0.25, 0.3) is 0 Å². The molecule has 6 heteroatoms. The number of fused-ring (bicyclic) bond motifs is 1. The third kappa shape index (κ3) is 4.08. The van der Waals surface area contributed by atoms with E-state index in [0.717, 1.165) is 22.3 Å². The number of aromatic amines is 1. The van der Waals surface area contributed by atoms with Crippen LogP contribution in [0.5, 0.6) is 0 Å². The number of H-pyrrole nitrogens is 1. The van der Waals surface area contributed by atoms with E-state index in [9.17, 15) is 18.7 Å². The van der Waals surface area contributed by atoms with Crippen molar-refractivity contribution in [1.29, 1.82) is 0 Å². The molecule has 1 aromatic heterocycles. The van der Waals surface area contributed by atoms with Crippen LogP contribution in [0, 0.1) is 11.6 Å². The van der Waals surface area contributed by atoms with E-state index in [2.05, 4.69) is 10.3 Å². The molecule has 0 saturated heterocycles. The van der Waals surface area contributed by atoms with Crippen molar-refractivity contribution in [1.82, 2.24) is 10.3 Å². The molecule has 0 unspecified atom stereocenters. The first-order chi connectivity index (χ1) is 12.4. The van der Waals surface area contributed by atoms with Crippen LogP contribution in [0.4, 0.5) is 8.78 Å². The fourth-order valence-electron chi connectivity index (χ4n) is 2.93. The van der Waals surface area contributed by atoms with Crippen molar-refractivity contribution in [3.63, 3.8) is 0 Å². The molecule has 136 valence electrons. The molecule has 0 fully saturated rings. The molecule has 0 aliphatic rings. The number of carbonyl (C=O) groups excluding carboxylic acids is 1. The fraction of sp³-hybridized carbons (Fsp3) is 0.250. The maximum Gasteiger partial charge on any atom is 0.220 e. The van der Waals surface area contributed by atoms with Crippen LogP contribution < -0.4 is 5.32 Å². The van der Waals surface area contributed by atoms with Crippen LogP contribution >= 0.6 is 0 Å². The van der Waals surface area contributed by atoms with E-state index in [1.165, 1.54) is 24.3 Å². The number of rotatable bonds is 6. The number of hydrogen-bond donors (Lipinski definition) is 3. The number of hydrogen-bond acceptors (Lipinski definition) is 2. The molecule has 26 heavy (non-hydrogen) atoms. The summed E-state index contributed by atoms with van der Waals surface area (Å²) in [7, 11) is 0. The molecule has 0 radical (unpaired) electrons. The van der Waals surface area contributed by atoms with Crippen molar-refractivity contribution in [2.24, 2.45) is 0 Å². The van der Waals surface area contributed by atoms with Crippen molar-refractivity contribution in [3.05, 3.63) is 59.7 Å². The van der Waals surface area contributed by atoms with Crippen molar-refractivity contribution in [3.8, 4) is 11.3 Å². The average Bonchev–Trinajstić information content (AvgIpc) is 2.96. The van der Waals surface area contributed by atoms with Gasteiger partial charge >= 0.3 is 0 Å². The zero-order valence-corrected chi connectivity index (χ0v) is 14.4. The van der Waals surface area contributed by atoms with Gasteiger partial charge in [0.15, 0.2) is 0 Å². The molecule has 1 heterocycles. The highest BCUT2D eigenvalue weighted by atomic mass is 19.1. The van der Waals surface area contributed by atoms with Gasteiger partial charge in [0, 0.05) is 29.6 Å². The van der Waals surface area contributed by atoms with Gasteiger partial charge in [-0.1, -0.05) is 0 Å². The molecule has 3 aromatic rings. The molecular weight excluding hydrogens is 338 g/mol. The van der Waals surface area contributed by atoms with E-state index in [1.807, 2.05) is 0 Å². The van der Waals surface area contributed by atoms with Crippen molar-refractivity contribution < 1.29 is 18.7 Å². The molecule has 3 rings (SSSR count). The highest BCUT2D eigenvalue weighted by molar-refractivity contribution is 5.91. The number of aliphatic hydroxyl groups excluding tert-OH is 1. The monoisotopic (exact) mass is 358 g/mol. The van der Waals surface area contributed by atoms with E-state index in [-0.39, 0.29) is 30.5 Å². The zero-order chi connectivity index (χ0) is 18.7. The lowest BCUT2D eigenvalue weighted by Gasteiger charge is -2.08. The molecule has 3 N–H and O–H groups in total. The molecule has 1 amide bonds. The molecular formula is C20H20F2N2O2. The number of halogens is 2. The first-order valence-electron chi connectivity index (χ1n) is 8.45. The van der Waals surface area contributed by atoms with Crippen LogP contribution in [0.3, 0.4) is 0 Å². The SMILES string of the molecule is C[C@H](O)CNC(=O)CCc1c(-c2ccc(F)cc2)[nH]c2ccc(F)cc12. The summed E-state index contributed by atoms with van der Waals surface area (Å²) < 4.78 is 27.0. The van der Waals surface area contributed by atoms with E-state index in [0.29, 0.717) is 11.8 Å². The Morgan fingerprint density at radius 1 is 1.15 bits per heavy atom. The number of aryl methyl sites for hydroxylation is 1. The maximum atomic E-state index is 13.7. The molecule has 0 spiro atoms. The number of aliphatic hydroxyl groups is 1. The standard InChI is InChI=1S/C20H20F2N2O2/c1-12(25)11-23-19(26)9-7-16-17-10-15(22)6-8-18(17)24-20(16)13-2-4-14(21)5-3-13/h2-6,8,10,12,24-25H,7,9,11H2,1H3,(H,23,26)/t12-/m0/s1. The van der Waals surface area contributed by atoms with Crippen molar-refractivity contribution in [2.45, 2.75) is 25.9 Å². The van der Waals surface area contributed by atoms with E-state index in [1.54, 1.807) is 25.1 Å². The number of nitrogens with one attached hydrogen (secondary N) is 2. The minimum Gasteiger partial charge on any atom is -0.392 e. The number of carbonyl (C=O) groups is 1. The molecule has 0 aliphatic carbocycles. The van der Waals surface area contributed by atoms with Gasteiger partial charge in [-0.05, 0) is 66.9 Å². The lowest BCUT2D eigenvalue weighted by molar-refractivity contribution is -0.121. The molecule has 0 bridgehead atoms. The summed E-state index contributed by atoms with van der Waals surface area (Å²) in [5.41, 5.74) is 3.07. The Kier molecular flexibility index (Phi) is 5.32. The molecule has 4 nitrogen and oxygen atoms in total. The number of benzene rings is 2. The third-order valence-electron chi connectivity index (χ3n) is 4.20. The van der Waals surface area contributed by atoms with Crippen LogP contribution in [0.2, 0.25) is 0 Å². The quantitative estimate of drug-likeness (QED) is 0.631. The van der Waals surface area contributed by atoms with Crippen LogP contribution in [0.15, 0.2) is 42.5 Å². The van der Waals surface area contributed by atoms with Gasteiger partial charge < -0.3 is 15.4 Å². The Morgan fingerprint density at radius 2 is 1.85 bits per heavy atom. The Hall–Kier alpha value is -2.73. The predicted octanol–water partition coefficient (Wildman–Crippen LogP) is 3.54. The summed E-state index contributed by atoms with van der Waals surface area (Å²) in [5.74, 6) is -0.890. The minimum absolute atomic E-state index is 0.187. The van der Waals surface area contributed by atoms with E-state index < -0.39 is 6.10 Å². The Morgan fingerprint density at radius 3 is 2.54 bits per heavy atom. The minimum atomic E-state index is -0.615. The van der Waals surface area contributed by atoms with Gasteiger partial charge in [-0.2, -0.15) is 0 Å². The number of amides is 1. The average molecular weight is 358 g/mol. The maximum absolute atomic E-state index is 13.7. The van der Waals surface area contributed by atoms with Crippen LogP contribution in [0.25, 0.3) is 22.2 Å². The summed E-state index contributed by atoms with van der Waals surface area (Å²) in [6, 6.07) is 10.5. The van der Waals surface area contributed by atoms with Gasteiger partial charge in [0.2, 0.25) is 5.91 Å². The van der Waals surface area contributed by atoms with Crippen molar-refractivity contribution >= 4 is 16.8 Å². The van der Waals surface area contributed by atoms with Crippen molar-refractivity contribution in [2.75, 3.05) is 6.54 Å².